The maximum atomic E-state index is 13.9. The lowest BCUT2D eigenvalue weighted by Gasteiger charge is -2.30. The van der Waals surface area contributed by atoms with Crippen LogP contribution in [0, 0.1) is 13.8 Å². The average Bonchev–Trinajstić information content (AvgIpc) is 3.39. The number of aromatic nitrogens is 2. The first-order valence-corrected chi connectivity index (χ1v) is 13.3. The number of nitrogens with one attached hydrogen (secondary N) is 1. The Morgan fingerprint density at radius 3 is 2.50 bits per heavy atom. The first-order chi connectivity index (χ1) is 18.3. The van der Waals surface area contributed by atoms with E-state index in [1.54, 1.807) is 16.8 Å². The van der Waals surface area contributed by atoms with Gasteiger partial charge in [0.15, 0.2) is 5.11 Å². The third-order valence-corrected chi connectivity index (χ3v) is 7.77. The molecule has 5 rings (SSSR count). The number of para-hydroxylation sites is 1. The smallest absolute Gasteiger partial charge is 0.379 e. The highest BCUT2D eigenvalue weighted by molar-refractivity contribution is 7.80. The monoisotopic (exact) mass is 543 g/mol. The molecule has 1 N–H and O–H groups in total. The molecule has 2 aliphatic heterocycles. The summed E-state index contributed by atoms with van der Waals surface area (Å²) in [6.07, 6.45) is -1.80. The summed E-state index contributed by atoms with van der Waals surface area (Å²) in [5, 5.41) is 4.09. The molecule has 0 unspecified atom stereocenters. The van der Waals surface area contributed by atoms with E-state index >= 15 is 0 Å². The molecule has 10 heteroatoms. The van der Waals surface area contributed by atoms with Crippen molar-refractivity contribution in [1.29, 1.82) is 0 Å². The maximum Gasteiger partial charge on any atom is 0.418 e. The number of pyridine rings is 1. The fourth-order valence-corrected chi connectivity index (χ4v) is 5.97. The van der Waals surface area contributed by atoms with E-state index in [2.05, 4.69) is 20.1 Å². The van der Waals surface area contributed by atoms with E-state index in [9.17, 15) is 13.2 Å². The van der Waals surface area contributed by atoms with E-state index < -0.39 is 11.7 Å². The van der Waals surface area contributed by atoms with E-state index in [-0.39, 0.29) is 17.8 Å². The number of thiocarbonyl (C=S) groups is 1. The molecule has 6 nitrogen and oxygen atoms in total. The number of rotatable bonds is 7. The zero-order chi connectivity index (χ0) is 26.9. The Bertz CT molecular complexity index is 1270. The third kappa shape index (κ3) is 5.30. The summed E-state index contributed by atoms with van der Waals surface area (Å²) in [6, 6.07) is 13.1. The highest BCUT2D eigenvalue weighted by Gasteiger charge is 2.42. The molecule has 2 atom stereocenters. The second kappa shape index (κ2) is 11.0. The van der Waals surface area contributed by atoms with Gasteiger partial charge in [0.1, 0.15) is 0 Å². The van der Waals surface area contributed by atoms with Gasteiger partial charge in [-0.3, -0.25) is 9.88 Å². The van der Waals surface area contributed by atoms with Gasteiger partial charge in [-0.2, -0.15) is 13.2 Å². The first kappa shape index (κ1) is 26.6. The van der Waals surface area contributed by atoms with Crippen LogP contribution in [0.3, 0.4) is 0 Å². The molecule has 0 saturated carbocycles. The molecule has 2 aliphatic rings. The van der Waals surface area contributed by atoms with Crippen LogP contribution in [0.1, 0.15) is 46.7 Å². The van der Waals surface area contributed by atoms with E-state index in [0.717, 1.165) is 74.5 Å². The Labute approximate surface area is 226 Å². The fourth-order valence-electron chi connectivity index (χ4n) is 5.64. The summed E-state index contributed by atoms with van der Waals surface area (Å²) in [6.45, 7) is 8.73. The van der Waals surface area contributed by atoms with E-state index in [0.29, 0.717) is 5.11 Å². The van der Waals surface area contributed by atoms with Crippen molar-refractivity contribution in [3.05, 3.63) is 82.9 Å². The number of morpholine rings is 1. The zero-order valence-electron chi connectivity index (χ0n) is 21.5. The maximum absolute atomic E-state index is 13.9. The number of nitrogens with zero attached hydrogens (tertiary/aromatic N) is 4. The van der Waals surface area contributed by atoms with Crippen molar-refractivity contribution in [2.45, 2.75) is 38.5 Å². The largest absolute Gasteiger partial charge is 0.418 e. The zero-order valence-corrected chi connectivity index (χ0v) is 22.4. The second-order valence-electron chi connectivity index (χ2n) is 9.80. The summed E-state index contributed by atoms with van der Waals surface area (Å²) in [4.78, 5) is 9.16. The van der Waals surface area contributed by atoms with Crippen LogP contribution >= 0.6 is 12.2 Å². The normalized spacial score (nSPS) is 20.7. The molecule has 0 radical (unpaired) electrons. The number of hydrogen-bond donors (Lipinski definition) is 1. The fraction of sp³-hybridized carbons (Fsp3) is 0.429. The van der Waals surface area contributed by atoms with Crippen molar-refractivity contribution in [2.75, 3.05) is 39.4 Å². The van der Waals surface area contributed by atoms with Crippen molar-refractivity contribution in [3.8, 4) is 5.69 Å². The number of benzene rings is 1. The number of ether oxygens (including phenoxy) is 1. The molecule has 2 fully saturated rings. The van der Waals surface area contributed by atoms with Crippen LogP contribution in [0.15, 0.2) is 54.7 Å². The summed E-state index contributed by atoms with van der Waals surface area (Å²) in [5.41, 5.74) is 2.75. The summed E-state index contributed by atoms with van der Waals surface area (Å²) < 4.78 is 49.0. The molecule has 0 aliphatic carbocycles. The molecule has 0 amide bonds. The molecule has 0 spiro atoms. The van der Waals surface area contributed by atoms with Gasteiger partial charge in [-0.05, 0) is 68.4 Å². The van der Waals surface area contributed by atoms with Gasteiger partial charge in [0.25, 0.3) is 0 Å². The molecular formula is C28H32F3N5OS. The molecule has 2 saturated heterocycles. The SMILES string of the molecule is Cc1cc([C@@H]2[C@@H](c3ccccn3)NC(=S)N2CCCN2CCOCC2)c(C)n1-c1ccccc1C(F)(F)F. The van der Waals surface area contributed by atoms with Gasteiger partial charge >= 0.3 is 6.18 Å². The summed E-state index contributed by atoms with van der Waals surface area (Å²) in [5.74, 6) is 0. The summed E-state index contributed by atoms with van der Waals surface area (Å²) in [7, 11) is 0. The van der Waals surface area contributed by atoms with Gasteiger partial charge in [-0.25, -0.2) is 0 Å². The molecule has 38 heavy (non-hydrogen) atoms. The van der Waals surface area contributed by atoms with Gasteiger partial charge in [0, 0.05) is 43.8 Å². The van der Waals surface area contributed by atoms with Crippen molar-refractivity contribution in [2.24, 2.45) is 0 Å². The lowest BCUT2D eigenvalue weighted by Crippen LogP contribution is -2.39. The van der Waals surface area contributed by atoms with Crippen molar-refractivity contribution >= 4 is 17.3 Å². The Morgan fingerprint density at radius 1 is 1.05 bits per heavy atom. The van der Waals surface area contributed by atoms with Crippen LogP contribution in [0.25, 0.3) is 5.69 Å². The Hall–Kier alpha value is -2.95. The van der Waals surface area contributed by atoms with E-state index in [1.807, 2.05) is 38.1 Å². The van der Waals surface area contributed by atoms with E-state index in [4.69, 9.17) is 17.0 Å². The molecule has 3 aromatic rings. The predicted molar refractivity (Wildman–Crippen MR) is 144 cm³/mol. The average molecular weight is 544 g/mol. The molecule has 0 bridgehead atoms. The number of alkyl halides is 3. The highest BCUT2D eigenvalue weighted by Crippen LogP contribution is 2.42. The number of hydrogen-bond acceptors (Lipinski definition) is 4. The van der Waals surface area contributed by atoms with Crippen molar-refractivity contribution < 1.29 is 17.9 Å². The lowest BCUT2D eigenvalue weighted by atomic mass is 9.96. The topological polar surface area (TPSA) is 45.6 Å². The minimum absolute atomic E-state index is 0.128. The van der Waals surface area contributed by atoms with Gasteiger partial charge in [0.05, 0.1) is 42.2 Å². The molecule has 2 aromatic heterocycles. The Balaban J connectivity index is 1.52. The molecule has 202 valence electrons. The molecular weight excluding hydrogens is 511 g/mol. The van der Waals surface area contributed by atoms with Gasteiger partial charge in [-0.15, -0.1) is 0 Å². The van der Waals surface area contributed by atoms with Crippen LogP contribution in [0.5, 0.6) is 0 Å². The first-order valence-electron chi connectivity index (χ1n) is 12.9. The second-order valence-corrected chi connectivity index (χ2v) is 10.2. The Kier molecular flexibility index (Phi) is 7.74. The molecule has 4 heterocycles. The summed E-state index contributed by atoms with van der Waals surface area (Å²) >= 11 is 5.81. The quantitative estimate of drug-likeness (QED) is 0.414. The number of aryl methyl sites for hydroxylation is 1. The third-order valence-electron chi connectivity index (χ3n) is 7.41. The minimum atomic E-state index is -4.46. The predicted octanol–water partition coefficient (Wildman–Crippen LogP) is 5.20. The molecule has 1 aromatic carbocycles. The van der Waals surface area contributed by atoms with Gasteiger partial charge in [0.2, 0.25) is 0 Å². The van der Waals surface area contributed by atoms with Crippen LogP contribution < -0.4 is 5.32 Å². The van der Waals surface area contributed by atoms with Crippen molar-refractivity contribution in [1.82, 2.24) is 24.7 Å². The minimum Gasteiger partial charge on any atom is -0.379 e. The lowest BCUT2D eigenvalue weighted by molar-refractivity contribution is -0.137. The van der Waals surface area contributed by atoms with Crippen LogP contribution in [-0.4, -0.2) is 63.9 Å². The van der Waals surface area contributed by atoms with Crippen molar-refractivity contribution in [3.63, 3.8) is 0 Å². The highest BCUT2D eigenvalue weighted by atomic mass is 32.1. The van der Waals surface area contributed by atoms with Gasteiger partial charge in [-0.1, -0.05) is 18.2 Å². The standard InChI is InChI=1S/C28H32F3N5OS/c1-19-18-21(20(2)36(19)24-10-4-3-8-22(24)28(29,30)31)26-25(23-9-5-6-11-32-23)33-27(38)35(26)13-7-12-34-14-16-37-17-15-34/h3-6,8-11,18,25-26H,7,12-17H2,1-2H3,(H,33,38)/t25-,26-/m1/s1. The van der Waals surface area contributed by atoms with E-state index in [1.165, 1.54) is 12.1 Å². The van der Waals surface area contributed by atoms with Crippen LogP contribution in [0.2, 0.25) is 0 Å². The van der Waals surface area contributed by atoms with Crippen LogP contribution in [0.4, 0.5) is 13.2 Å². The number of halogens is 3. The van der Waals surface area contributed by atoms with Gasteiger partial charge < -0.3 is 19.5 Å². The van der Waals surface area contributed by atoms with Crippen LogP contribution in [-0.2, 0) is 10.9 Å². The Morgan fingerprint density at radius 2 is 1.79 bits per heavy atom.